The number of ether oxygens (including phenoxy) is 2. The van der Waals surface area contributed by atoms with Gasteiger partial charge in [-0.2, -0.15) is 13.2 Å². The van der Waals surface area contributed by atoms with Gasteiger partial charge in [0.05, 0.1) is 19.7 Å². The maximum atomic E-state index is 13.3. The molecule has 6 nitrogen and oxygen atoms in total. The Labute approximate surface area is 159 Å². The number of rotatable bonds is 5. The normalized spacial score (nSPS) is 11.4. The average Bonchev–Trinajstić information content (AvgIpc) is 2.66. The molecule has 1 aromatic heterocycles. The van der Waals surface area contributed by atoms with Gasteiger partial charge in [0.25, 0.3) is 0 Å². The molecule has 0 amide bonds. The Kier molecular flexibility index (Phi) is 5.17. The maximum absolute atomic E-state index is 13.3. The van der Waals surface area contributed by atoms with Crippen LogP contribution in [0.2, 0.25) is 0 Å². The van der Waals surface area contributed by atoms with Gasteiger partial charge in [0.15, 0.2) is 11.5 Å². The molecule has 3 rings (SSSR count). The summed E-state index contributed by atoms with van der Waals surface area (Å²) in [6, 6.07) is 10.2. The van der Waals surface area contributed by atoms with Crippen LogP contribution in [-0.2, 0) is 6.18 Å². The van der Waals surface area contributed by atoms with E-state index in [4.69, 9.17) is 9.47 Å². The average molecular weight is 392 g/mol. The summed E-state index contributed by atoms with van der Waals surface area (Å²) in [5, 5.41) is 3.33. The molecular formula is C19H19F3N4O2. The molecule has 1 heterocycles. The topological polar surface area (TPSA) is 59.5 Å². The highest BCUT2D eigenvalue weighted by molar-refractivity contribution is 5.93. The standard InChI is InChI=1S/C19H19F3N4O2/c1-26(2)12-7-5-11(6-8-12)23-17-13-9-15(27-3)16(28-4)10-14(13)24-18(25-17)19(20,21)22/h5-10H,1-4H3,(H,23,24,25). The fourth-order valence-corrected chi connectivity index (χ4v) is 2.66. The second kappa shape index (κ2) is 7.41. The molecule has 0 bridgehead atoms. The van der Waals surface area contributed by atoms with Crippen LogP contribution >= 0.6 is 0 Å². The first-order valence-corrected chi connectivity index (χ1v) is 8.28. The molecule has 0 atom stereocenters. The summed E-state index contributed by atoms with van der Waals surface area (Å²) in [4.78, 5) is 9.27. The molecule has 28 heavy (non-hydrogen) atoms. The van der Waals surface area contributed by atoms with Gasteiger partial charge in [-0.05, 0) is 30.3 Å². The lowest BCUT2D eigenvalue weighted by Crippen LogP contribution is -2.13. The van der Waals surface area contributed by atoms with E-state index in [9.17, 15) is 13.2 Å². The molecule has 0 unspecified atom stereocenters. The van der Waals surface area contributed by atoms with Gasteiger partial charge in [-0.25, -0.2) is 9.97 Å². The third-order valence-corrected chi connectivity index (χ3v) is 4.10. The van der Waals surface area contributed by atoms with E-state index in [1.807, 2.05) is 31.1 Å². The fraction of sp³-hybridized carbons (Fsp3) is 0.263. The largest absolute Gasteiger partial charge is 0.493 e. The van der Waals surface area contributed by atoms with Crippen LogP contribution in [-0.4, -0.2) is 38.3 Å². The van der Waals surface area contributed by atoms with E-state index in [-0.39, 0.29) is 17.1 Å². The van der Waals surface area contributed by atoms with Crippen LogP contribution in [0.3, 0.4) is 0 Å². The van der Waals surface area contributed by atoms with Gasteiger partial charge in [-0.1, -0.05) is 0 Å². The third-order valence-electron chi connectivity index (χ3n) is 4.10. The van der Waals surface area contributed by atoms with Crippen LogP contribution in [0, 0.1) is 0 Å². The van der Waals surface area contributed by atoms with Crippen LogP contribution in [0.4, 0.5) is 30.4 Å². The Morgan fingerprint density at radius 3 is 2.07 bits per heavy atom. The van der Waals surface area contributed by atoms with Crippen LogP contribution < -0.4 is 19.7 Å². The minimum Gasteiger partial charge on any atom is -0.493 e. The van der Waals surface area contributed by atoms with E-state index >= 15 is 0 Å². The smallest absolute Gasteiger partial charge is 0.451 e. The number of fused-ring (bicyclic) bond motifs is 1. The van der Waals surface area contributed by atoms with Gasteiger partial charge in [0.2, 0.25) is 5.82 Å². The minimum atomic E-state index is -4.69. The zero-order valence-electron chi connectivity index (χ0n) is 15.8. The summed E-state index contributed by atoms with van der Waals surface area (Å²) >= 11 is 0. The number of aromatic nitrogens is 2. The predicted octanol–water partition coefficient (Wildman–Crippen LogP) is 4.48. The second-order valence-electron chi connectivity index (χ2n) is 6.18. The van der Waals surface area contributed by atoms with Gasteiger partial charge in [0, 0.05) is 36.9 Å². The highest BCUT2D eigenvalue weighted by Crippen LogP contribution is 2.37. The fourth-order valence-electron chi connectivity index (χ4n) is 2.66. The lowest BCUT2D eigenvalue weighted by Gasteiger charge is -2.16. The number of halogens is 3. The van der Waals surface area contributed by atoms with Crippen LogP contribution in [0.25, 0.3) is 10.9 Å². The number of nitrogens with one attached hydrogen (secondary N) is 1. The zero-order valence-corrected chi connectivity index (χ0v) is 15.8. The lowest BCUT2D eigenvalue weighted by molar-refractivity contribution is -0.144. The van der Waals surface area contributed by atoms with E-state index < -0.39 is 12.0 Å². The van der Waals surface area contributed by atoms with E-state index in [2.05, 4.69) is 15.3 Å². The van der Waals surface area contributed by atoms with Gasteiger partial charge in [0.1, 0.15) is 5.82 Å². The molecule has 0 aliphatic heterocycles. The molecule has 0 saturated carbocycles. The number of alkyl halides is 3. The van der Waals surface area contributed by atoms with Crippen molar-refractivity contribution in [2.45, 2.75) is 6.18 Å². The van der Waals surface area contributed by atoms with Crippen molar-refractivity contribution >= 4 is 28.1 Å². The summed E-state index contributed by atoms with van der Waals surface area (Å²) in [5.41, 5.74) is 1.64. The SMILES string of the molecule is COc1cc2nc(C(F)(F)F)nc(Nc3ccc(N(C)C)cc3)c2cc1OC. The number of nitrogens with zero attached hydrogens (tertiary/aromatic N) is 3. The molecule has 2 aromatic carbocycles. The summed E-state index contributed by atoms with van der Waals surface area (Å²) in [5.74, 6) is -0.567. The Balaban J connectivity index is 2.15. The molecule has 148 valence electrons. The highest BCUT2D eigenvalue weighted by atomic mass is 19.4. The summed E-state index contributed by atoms with van der Waals surface area (Å²) in [6.45, 7) is 0. The molecule has 0 aliphatic rings. The van der Waals surface area contributed by atoms with Gasteiger partial charge in [-0.15, -0.1) is 0 Å². The molecule has 1 N–H and O–H groups in total. The monoisotopic (exact) mass is 392 g/mol. The van der Waals surface area contributed by atoms with Gasteiger partial charge < -0.3 is 19.7 Å². The number of benzene rings is 2. The zero-order chi connectivity index (χ0) is 20.5. The molecule has 0 spiro atoms. The molecule has 0 saturated heterocycles. The van der Waals surface area contributed by atoms with Crippen LogP contribution in [0.15, 0.2) is 36.4 Å². The predicted molar refractivity (Wildman–Crippen MR) is 102 cm³/mol. The molecule has 9 heteroatoms. The van der Waals surface area contributed by atoms with E-state index in [1.165, 1.54) is 20.3 Å². The maximum Gasteiger partial charge on any atom is 0.451 e. The van der Waals surface area contributed by atoms with Crippen molar-refractivity contribution in [2.24, 2.45) is 0 Å². The number of methoxy groups -OCH3 is 2. The van der Waals surface area contributed by atoms with E-state index in [1.54, 1.807) is 18.2 Å². The molecular weight excluding hydrogens is 373 g/mol. The van der Waals surface area contributed by atoms with E-state index in [0.717, 1.165) is 5.69 Å². The summed E-state index contributed by atoms with van der Waals surface area (Å²) in [6.07, 6.45) is -4.69. The Morgan fingerprint density at radius 1 is 0.929 bits per heavy atom. The van der Waals surface area contributed by atoms with Gasteiger partial charge in [-0.3, -0.25) is 0 Å². The van der Waals surface area contributed by atoms with Crippen LogP contribution in [0.5, 0.6) is 11.5 Å². The number of hydrogen-bond donors (Lipinski definition) is 1. The van der Waals surface area contributed by atoms with Crippen LogP contribution in [0.1, 0.15) is 5.82 Å². The first-order valence-electron chi connectivity index (χ1n) is 8.28. The third kappa shape index (κ3) is 3.88. The van der Waals surface area contributed by atoms with Crippen molar-refractivity contribution < 1.29 is 22.6 Å². The second-order valence-corrected chi connectivity index (χ2v) is 6.18. The van der Waals surface area contributed by atoms with Crippen molar-refractivity contribution in [3.05, 3.63) is 42.2 Å². The Morgan fingerprint density at radius 2 is 1.54 bits per heavy atom. The molecule has 3 aromatic rings. The van der Waals surface area contributed by atoms with Crippen molar-refractivity contribution in [3.63, 3.8) is 0 Å². The first-order chi connectivity index (χ1) is 13.2. The lowest BCUT2D eigenvalue weighted by atomic mass is 10.2. The number of hydrogen-bond acceptors (Lipinski definition) is 6. The molecule has 0 radical (unpaired) electrons. The van der Waals surface area contributed by atoms with Crippen molar-refractivity contribution in [3.8, 4) is 11.5 Å². The minimum absolute atomic E-state index is 0.0240. The van der Waals surface area contributed by atoms with Crippen molar-refractivity contribution in [1.29, 1.82) is 0 Å². The Bertz CT molecular complexity index is 989. The summed E-state index contributed by atoms with van der Waals surface area (Å²) in [7, 11) is 6.65. The quantitative estimate of drug-likeness (QED) is 0.691. The van der Waals surface area contributed by atoms with Gasteiger partial charge >= 0.3 is 6.18 Å². The molecule has 0 fully saturated rings. The first kappa shape index (κ1) is 19.5. The molecule has 0 aliphatic carbocycles. The van der Waals surface area contributed by atoms with Crippen molar-refractivity contribution in [2.75, 3.05) is 38.5 Å². The summed E-state index contributed by atoms with van der Waals surface area (Å²) < 4.78 is 50.3. The highest BCUT2D eigenvalue weighted by Gasteiger charge is 2.35. The van der Waals surface area contributed by atoms with Crippen molar-refractivity contribution in [1.82, 2.24) is 9.97 Å². The number of anilines is 3. The Hall–Kier alpha value is -3.23. The van der Waals surface area contributed by atoms with E-state index in [0.29, 0.717) is 16.8 Å².